The molecule has 0 radical (unpaired) electrons. The van der Waals surface area contributed by atoms with Crippen LogP contribution >= 0.6 is 11.8 Å². The van der Waals surface area contributed by atoms with Crippen LogP contribution in [0.2, 0.25) is 0 Å². The Morgan fingerprint density at radius 1 is 0.970 bits per heavy atom. The number of hydrogen-bond donors (Lipinski definition) is 1. The number of morpholine rings is 1. The smallest absolute Gasteiger partial charge is 0.234 e. The number of hydrogen-bond acceptors (Lipinski definition) is 6. The molecule has 168 valence electrons. The summed E-state index contributed by atoms with van der Waals surface area (Å²) in [6.45, 7) is 5.63. The molecule has 0 spiro atoms. The molecular formula is C26H26N4O2S. The molecule has 1 aliphatic heterocycles. The van der Waals surface area contributed by atoms with Crippen molar-refractivity contribution in [1.29, 1.82) is 0 Å². The van der Waals surface area contributed by atoms with Crippen molar-refractivity contribution >= 4 is 51.0 Å². The lowest BCUT2D eigenvalue weighted by molar-refractivity contribution is -0.113. The number of nitrogens with one attached hydrogen (secondary N) is 1. The first-order chi connectivity index (χ1) is 16.1. The van der Waals surface area contributed by atoms with E-state index in [1.54, 1.807) is 0 Å². The maximum Gasteiger partial charge on any atom is 0.234 e. The Bertz CT molecular complexity index is 1300. The molecule has 4 aromatic rings. The number of ether oxygens (including phenoxy) is 1. The molecule has 33 heavy (non-hydrogen) atoms. The number of nitrogens with zero attached hydrogens (tertiary/aromatic N) is 3. The summed E-state index contributed by atoms with van der Waals surface area (Å²) in [5.74, 6) is 0.998. The lowest BCUT2D eigenvalue weighted by Crippen LogP contribution is -2.46. The SMILES string of the molecule is CC1CN(c2nc3ccccc3nc2SCC(=O)Nc2cccc3ccccc23)CC(C)O1. The minimum absolute atomic E-state index is 0.0685. The lowest BCUT2D eigenvalue weighted by atomic mass is 10.1. The third kappa shape index (κ3) is 4.79. The van der Waals surface area contributed by atoms with Gasteiger partial charge in [0.2, 0.25) is 5.91 Å². The Hall–Kier alpha value is -3.16. The number of carbonyl (C=O) groups is 1. The Kier molecular flexibility index (Phi) is 6.15. The van der Waals surface area contributed by atoms with E-state index in [9.17, 15) is 4.79 Å². The zero-order chi connectivity index (χ0) is 22.8. The Morgan fingerprint density at radius 3 is 2.42 bits per heavy atom. The van der Waals surface area contributed by atoms with E-state index in [2.05, 4.69) is 24.1 Å². The minimum atomic E-state index is -0.0685. The van der Waals surface area contributed by atoms with Gasteiger partial charge in [0.1, 0.15) is 5.03 Å². The lowest BCUT2D eigenvalue weighted by Gasteiger charge is -2.36. The van der Waals surface area contributed by atoms with Gasteiger partial charge in [-0.2, -0.15) is 0 Å². The number of anilines is 2. The Balaban J connectivity index is 1.39. The quantitative estimate of drug-likeness (QED) is 0.418. The van der Waals surface area contributed by atoms with Crippen LogP contribution < -0.4 is 10.2 Å². The van der Waals surface area contributed by atoms with E-state index in [4.69, 9.17) is 14.7 Å². The van der Waals surface area contributed by atoms with E-state index < -0.39 is 0 Å². The predicted molar refractivity (Wildman–Crippen MR) is 135 cm³/mol. The van der Waals surface area contributed by atoms with Crippen LogP contribution in [-0.4, -0.2) is 46.9 Å². The number of rotatable bonds is 5. The molecule has 5 rings (SSSR count). The summed E-state index contributed by atoms with van der Waals surface area (Å²) in [5, 5.41) is 5.96. The number of para-hydroxylation sites is 2. The van der Waals surface area contributed by atoms with Crippen molar-refractivity contribution < 1.29 is 9.53 Å². The van der Waals surface area contributed by atoms with Crippen LogP contribution in [0.1, 0.15) is 13.8 Å². The number of benzene rings is 3. The fourth-order valence-corrected chi connectivity index (χ4v) is 5.09. The highest BCUT2D eigenvalue weighted by Gasteiger charge is 2.26. The monoisotopic (exact) mass is 458 g/mol. The maximum absolute atomic E-state index is 12.9. The molecule has 2 heterocycles. The number of aromatic nitrogens is 2. The van der Waals surface area contributed by atoms with Gasteiger partial charge < -0.3 is 15.0 Å². The Labute approximate surface area is 197 Å². The average molecular weight is 459 g/mol. The van der Waals surface area contributed by atoms with Gasteiger partial charge in [-0.3, -0.25) is 4.79 Å². The summed E-state index contributed by atoms with van der Waals surface area (Å²) in [6, 6.07) is 21.8. The van der Waals surface area contributed by atoms with E-state index in [0.717, 1.165) is 51.4 Å². The van der Waals surface area contributed by atoms with Crippen molar-refractivity contribution in [3.63, 3.8) is 0 Å². The van der Waals surface area contributed by atoms with Crippen LogP contribution in [0.25, 0.3) is 21.8 Å². The summed E-state index contributed by atoms with van der Waals surface area (Å²) in [7, 11) is 0. The van der Waals surface area contributed by atoms with E-state index in [-0.39, 0.29) is 23.9 Å². The van der Waals surface area contributed by atoms with E-state index >= 15 is 0 Å². The van der Waals surface area contributed by atoms with E-state index in [0.29, 0.717) is 0 Å². The standard InChI is InChI=1S/C26H26N4O2S/c1-17-14-30(15-18(2)32-17)25-26(29-23-12-6-5-11-22(23)28-25)33-16-24(31)27-21-13-7-9-19-8-3-4-10-20(19)21/h3-13,17-18H,14-16H2,1-2H3,(H,27,31). The average Bonchev–Trinajstić information content (AvgIpc) is 2.82. The van der Waals surface area contributed by atoms with Crippen molar-refractivity contribution in [2.75, 3.05) is 29.1 Å². The third-order valence-corrected chi connectivity index (χ3v) is 6.60. The fraction of sp³-hybridized carbons (Fsp3) is 0.269. The summed E-state index contributed by atoms with van der Waals surface area (Å²) < 4.78 is 5.90. The zero-order valence-corrected chi connectivity index (χ0v) is 19.5. The second-order valence-electron chi connectivity index (χ2n) is 8.37. The first-order valence-corrected chi connectivity index (χ1v) is 12.1. The topological polar surface area (TPSA) is 67.4 Å². The van der Waals surface area contributed by atoms with E-state index in [1.165, 1.54) is 11.8 Å². The summed E-state index contributed by atoms with van der Waals surface area (Å²) >= 11 is 1.42. The summed E-state index contributed by atoms with van der Waals surface area (Å²) in [6.07, 6.45) is 0.212. The van der Waals surface area contributed by atoms with Crippen molar-refractivity contribution in [1.82, 2.24) is 9.97 Å². The van der Waals surface area contributed by atoms with Crippen LogP contribution in [0, 0.1) is 0 Å². The molecule has 2 atom stereocenters. The van der Waals surface area contributed by atoms with Crippen molar-refractivity contribution in [2.45, 2.75) is 31.1 Å². The molecule has 1 saturated heterocycles. The molecule has 0 saturated carbocycles. The largest absolute Gasteiger partial charge is 0.372 e. The maximum atomic E-state index is 12.9. The van der Waals surface area contributed by atoms with Gasteiger partial charge in [-0.15, -0.1) is 0 Å². The van der Waals surface area contributed by atoms with Gasteiger partial charge in [0.15, 0.2) is 5.82 Å². The highest BCUT2D eigenvalue weighted by atomic mass is 32.2. The second kappa shape index (κ2) is 9.37. The van der Waals surface area contributed by atoms with Gasteiger partial charge in [0.25, 0.3) is 0 Å². The van der Waals surface area contributed by atoms with Gasteiger partial charge in [0.05, 0.1) is 29.0 Å². The molecule has 1 aliphatic rings. The molecule has 6 nitrogen and oxygen atoms in total. The third-order valence-electron chi connectivity index (χ3n) is 5.64. The van der Waals surface area contributed by atoms with Crippen LogP contribution in [0.4, 0.5) is 11.5 Å². The zero-order valence-electron chi connectivity index (χ0n) is 18.7. The van der Waals surface area contributed by atoms with Crippen molar-refractivity contribution in [3.05, 3.63) is 66.7 Å². The van der Waals surface area contributed by atoms with Crippen LogP contribution in [0.5, 0.6) is 0 Å². The molecule has 7 heteroatoms. The van der Waals surface area contributed by atoms with Crippen LogP contribution in [0.15, 0.2) is 71.8 Å². The van der Waals surface area contributed by atoms with Crippen LogP contribution in [-0.2, 0) is 9.53 Å². The number of thioether (sulfide) groups is 1. The fourth-order valence-electron chi connectivity index (χ4n) is 4.28. The summed E-state index contributed by atoms with van der Waals surface area (Å²) in [5.41, 5.74) is 2.50. The molecule has 1 aromatic heterocycles. The van der Waals surface area contributed by atoms with Gasteiger partial charge in [-0.25, -0.2) is 9.97 Å². The molecular weight excluding hydrogens is 432 g/mol. The molecule has 2 unspecified atom stereocenters. The van der Waals surface area contributed by atoms with Gasteiger partial charge in [-0.1, -0.05) is 60.3 Å². The van der Waals surface area contributed by atoms with Crippen LogP contribution in [0.3, 0.4) is 0 Å². The minimum Gasteiger partial charge on any atom is -0.372 e. The van der Waals surface area contributed by atoms with Gasteiger partial charge in [0, 0.05) is 24.2 Å². The molecule has 0 aliphatic carbocycles. The number of amides is 1. The molecule has 1 amide bonds. The number of carbonyl (C=O) groups excluding carboxylic acids is 1. The summed E-state index contributed by atoms with van der Waals surface area (Å²) in [4.78, 5) is 24.9. The highest BCUT2D eigenvalue weighted by Crippen LogP contribution is 2.31. The van der Waals surface area contributed by atoms with E-state index in [1.807, 2.05) is 66.7 Å². The predicted octanol–water partition coefficient (Wildman–Crippen LogP) is 5.13. The first kappa shape index (κ1) is 21.7. The Morgan fingerprint density at radius 2 is 1.64 bits per heavy atom. The highest BCUT2D eigenvalue weighted by molar-refractivity contribution is 8.00. The van der Waals surface area contributed by atoms with Crippen molar-refractivity contribution in [3.8, 4) is 0 Å². The molecule has 1 N–H and O–H groups in total. The van der Waals surface area contributed by atoms with Gasteiger partial charge >= 0.3 is 0 Å². The number of fused-ring (bicyclic) bond motifs is 2. The van der Waals surface area contributed by atoms with Gasteiger partial charge in [-0.05, 0) is 37.4 Å². The first-order valence-electron chi connectivity index (χ1n) is 11.1. The second-order valence-corrected chi connectivity index (χ2v) is 9.33. The molecule has 0 bridgehead atoms. The molecule has 1 fully saturated rings. The van der Waals surface area contributed by atoms with Crippen molar-refractivity contribution in [2.24, 2.45) is 0 Å². The normalized spacial score (nSPS) is 18.5. The molecule has 3 aromatic carbocycles.